The predicted molar refractivity (Wildman–Crippen MR) is 83.1 cm³/mol. The molecule has 3 rings (SSSR count). The van der Waals surface area contributed by atoms with Crippen molar-refractivity contribution in [3.63, 3.8) is 0 Å². The smallest absolute Gasteiger partial charge is 0.203 e. The van der Waals surface area contributed by atoms with Gasteiger partial charge in [0.15, 0.2) is 0 Å². The molecule has 0 amide bonds. The zero-order valence-electron chi connectivity index (χ0n) is 12.3. The van der Waals surface area contributed by atoms with E-state index in [2.05, 4.69) is 65.2 Å². The number of anilines is 1. The van der Waals surface area contributed by atoms with Crippen molar-refractivity contribution in [2.24, 2.45) is 0 Å². The van der Waals surface area contributed by atoms with E-state index in [0.717, 1.165) is 24.6 Å². The van der Waals surface area contributed by atoms with E-state index in [1.807, 2.05) is 0 Å². The minimum Gasteiger partial charge on any atom is -0.353 e. The second-order valence-electron chi connectivity index (χ2n) is 5.92. The van der Waals surface area contributed by atoms with Gasteiger partial charge in [-0.3, -0.25) is 0 Å². The summed E-state index contributed by atoms with van der Waals surface area (Å²) in [6.45, 7) is 5.38. The molecule has 1 N–H and O–H groups in total. The molecule has 106 valence electrons. The summed E-state index contributed by atoms with van der Waals surface area (Å²) in [4.78, 5) is 4.59. The van der Waals surface area contributed by atoms with Crippen LogP contribution in [-0.4, -0.2) is 15.6 Å². The number of nitrogens with zero attached hydrogens (tertiary/aromatic N) is 2. The van der Waals surface area contributed by atoms with Crippen LogP contribution in [0.3, 0.4) is 0 Å². The molecule has 1 fully saturated rings. The van der Waals surface area contributed by atoms with Crippen LogP contribution < -0.4 is 5.32 Å². The first-order chi connectivity index (χ1) is 9.72. The molecule has 0 radical (unpaired) electrons. The van der Waals surface area contributed by atoms with Crippen molar-refractivity contribution >= 4 is 5.95 Å². The van der Waals surface area contributed by atoms with Crippen molar-refractivity contribution in [3.05, 3.63) is 47.8 Å². The molecule has 0 aliphatic heterocycles. The Labute approximate surface area is 121 Å². The number of hydrogen-bond acceptors (Lipinski definition) is 2. The van der Waals surface area contributed by atoms with Gasteiger partial charge < -0.3 is 9.88 Å². The highest BCUT2D eigenvalue weighted by molar-refractivity contribution is 5.32. The van der Waals surface area contributed by atoms with Gasteiger partial charge in [-0.1, -0.05) is 37.3 Å². The topological polar surface area (TPSA) is 29.9 Å². The molecule has 1 aliphatic rings. The van der Waals surface area contributed by atoms with E-state index in [1.165, 1.54) is 18.4 Å². The van der Waals surface area contributed by atoms with Crippen LogP contribution in [0.5, 0.6) is 0 Å². The maximum absolute atomic E-state index is 4.59. The van der Waals surface area contributed by atoms with Gasteiger partial charge in [0.25, 0.3) is 0 Å². The number of aromatic nitrogens is 2. The largest absolute Gasteiger partial charge is 0.353 e. The molecule has 20 heavy (non-hydrogen) atoms. The first-order valence-electron chi connectivity index (χ1n) is 7.57. The molecule has 1 saturated carbocycles. The van der Waals surface area contributed by atoms with Gasteiger partial charge in [0.1, 0.15) is 0 Å². The Balaban J connectivity index is 1.62. The minimum absolute atomic E-state index is 0.577. The first-order valence-corrected chi connectivity index (χ1v) is 7.57. The van der Waals surface area contributed by atoms with E-state index in [-0.39, 0.29) is 0 Å². The van der Waals surface area contributed by atoms with E-state index in [0.29, 0.717) is 12.0 Å². The van der Waals surface area contributed by atoms with Gasteiger partial charge in [0, 0.05) is 18.8 Å². The zero-order valence-corrected chi connectivity index (χ0v) is 12.3. The van der Waals surface area contributed by atoms with Gasteiger partial charge in [-0.05, 0) is 37.7 Å². The third-order valence-electron chi connectivity index (χ3n) is 3.98. The Kier molecular flexibility index (Phi) is 3.77. The average molecular weight is 269 g/mol. The van der Waals surface area contributed by atoms with E-state index >= 15 is 0 Å². The SMILES string of the molecule is Cc1cn(CCC(C)c2ccccc2)c(NC2CC2)n1. The van der Waals surface area contributed by atoms with Gasteiger partial charge in [-0.2, -0.15) is 0 Å². The molecule has 0 spiro atoms. The van der Waals surface area contributed by atoms with Gasteiger partial charge >= 0.3 is 0 Å². The molecular formula is C17H23N3. The van der Waals surface area contributed by atoms with Crippen molar-refractivity contribution in [1.29, 1.82) is 0 Å². The lowest BCUT2D eigenvalue weighted by Crippen LogP contribution is -2.10. The molecule has 3 nitrogen and oxygen atoms in total. The summed E-state index contributed by atoms with van der Waals surface area (Å²) >= 11 is 0. The summed E-state index contributed by atoms with van der Waals surface area (Å²) in [6, 6.07) is 11.4. The molecule has 2 aromatic rings. The van der Waals surface area contributed by atoms with E-state index in [9.17, 15) is 0 Å². The van der Waals surface area contributed by atoms with Gasteiger partial charge in [-0.15, -0.1) is 0 Å². The number of imidazole rings is 1. The zero-order chi connectivity index (χ0) is 13.9. The van der Waals surface area contributed by atoms with Gasteiger partial charge in [-0.25, -0.2) is 4.98 Å². The number of benzene rings is 1. The van der Waals surface area contributed by atoms with Crippen molar-refractivity contribution in [2.45, 2.75) is 51.6 Å². The van der Waals surface area contributed by atoms with Crippen molar-refractivity contribution in [1.82, 2.24) is 9.55 Å². The molecule has 1 heterocycles. The summed E-state index contributed by atoms with van der Waals surface area (Å²) in [5.41, 5.74) is 2.52. The Bertz CT molecular complexity index is 555. The van der Waals surface area contributed by atoms with Crippen molar-refractivity contribution < 1.29 is 0 Å². The highest BCUT2D eigenvalue weighted by Gasteiger charge is 2.23. The quantitative estimate of drug-likeness (QED) is 0.860. The molecule has 0 bridgehead atoms. The third-order valence-corrected chi connectivity index (χ3v) is 3.98. The fourth-order valence-electron chi connectivity index (χ4n) is 2.52. The number of rotatable bonds is 6. The molecule has 1 unspecified atom stereocenters. The number of aryl methyl sites for hydroxylation is 2. The predicted octanol–water partition coefficient (Wildman–Crippen LogP) is 3.96. The summed E-state index contributed by atoms with van der Waals surface area (Å²) in [6.07, 6.45) is 5.86. The van der Waals surface area contributed by atoms with Crippen LogP contribution in [-0.2, 0) is 6.54 Å². The molecule has 1 aromatic heterocycles. The molecule has 1 aliphatic carbocycles. The second-order valence-corrected chi connectivity index (χ2v) is 5.92. The fourth-order valence-corrected chi connectivity index (χ4v) is 2.52. The lowest BCUT2D eigenvalue weighted by molar-refractivity contribution is 0.578. The minimum atomic E-state index is 0.577. The highest BCUT2D eigenvalue weighted by Crippen LogP contribution is 2.25. The lowest BCUT2D eigenvalue weighted by Gasteiger charge is -2.14. The standard InChI is InChI=1S/C17H23N3/c1-13(15-6-4-3-5-7-15)10-11-20-12-14(2)18-17(20)19-16-8-9-16/h3-7,12-13,16H,8-11H2,1-2H3,(H,18,19). The Morgan fingerprint density at radius 1 is 1.30 bits per heavy atom. The maximum atomic E-state index is 4.59. The summed E-state index contributed by atoms with van der Waals surface area (Å²) in [7, 11) is 0. The van der Waals surface area contributed by atoms with Crippen LogP contribution in [0, 0.1) is 6.92 Å². The van der Waals surface area contributed by atoms with Crippen LogP contribution in [0.1, 0.15) is 43.4 Å². The van der Waals surface area contributed by atoms with Crippen LogP contribution in [0.4, 0.5) is 5.95 Å². The lowest BCUT2D eigenvalue weighted by atomic mass is 9.98. The molecule has 1 aromatic carbocycles. The number of nitrogens with one attached hydrogen (secondary N) is 1. The molecule has 0 saturated heterocycles. The number of hydrogen-bond donors (Lipinski definition) is 1. The highest BCUT2D eigenvalue weighted by atomic mass is 15.2. The monoisotopic (exact) mass is 269 g/mol. The van der Waals surface area contributed by atoms with Crippen LogP contribution in [0.25, 0.3) is 0 Å². The average Bonchev–Trinajstić information content (AvgIpc) is 3.20. The molecule has 3 heteroatoms. The Morgan fingerprint density at radius 2 is 2.05 bits per heavy atom. The molecule has 1 atom stereocenters. The van der Waals surface area contributed by atoms with Crippen LogP contribution >= 0.6 is 0 Å². The summed E-state index contributed by atoms with van der Waals surface area (Å²) < 4.78 is 2.27. The van der Waals surface area contributed by atoms with Crippen molar-refractivity contribution in [2.75, 3.05) is 5.32 Å². The normalized spacial score (nSPS) is 16.1. The van der Waals surface area contributed by atoms with Crippen molar-refractivity contribution in [3.8, 4) is 0 Å². The second kappa shape index (κ2) is 5.70. The third kappa shape index (κ3) is 3.21. The van der Waals surface area contributed by atoms with Gasteiger partial charge in [0.2, 0.25) is 5.95 Å². The Morgan fingerprint density at radius 3 is 2.75 bits per heavy atom. The van der Waals surface area contributed by atoms with Gasteiger partial charge in [0.05, 0.1) is 5.69 Å². The Hall–Kier alpha value is -1.77. The fraction of sp³-hybridized carbons (Fsp3) is 0.471. The van der Waals surface area contributed by atoms with E-state index in [4.69, 9.17) is 0 Å². The summed E-state index contributed by atoms with van der Waals surface area (Å²) in [5, 5.41) is 3.52. The van der Waals surface area contributed by atoms with Crippen LogP contribution in [0.15, 0.2) is 36.5 Å². The van der Waals surface area contributed by atoms with E-state index < -0.39 is 0 Å². The maximum Gasteiger partial charge on any atom is 0.203 e. The molecular weight excluding hydrogens is 246 g/mol. The van der Waals surface area contributed by atoms with Crippen LogP contribution in [0.2, 0.25) is 0 Å². The summed E-state index contributed by atoms with van der Waals surface area (Å²) in [5.74, 6) is 1.62. The first kappa shape index (κ1) is 13.2. The van der Waals surface area contributed by atoms with E-state index in [1.54, 1.807) is 0 Å².